The molecule has 39 heavy (non-hydrogen) atoms. The van der Waals surface area contributed by atoms with Crippen molar-refractivity contribution in [3.63, 3.8) is 0 Å². The van der Waals surface area contributed by atoms with Crippen LogP contribution in [0.3, 0.4) is 0 Å². The van der Waals surface area contributed by atoms with Gasteiger partial charge in [0, 0.05) is 0 Å². The van der Waals surface area contributed by atoms with Crippen LogP contribution in [0, 0.1) is 5.41 Å². The second-order valence-corrected chi connectivity index (χ2v) is 10.5. The van der Waals surface area contributed by atoms with Gasteiger partial charge in [0.05, 0.1) is 12.2 Å². The fourth-order valence-electron chi connectivity index (χ4n) is 3.64. The first kappa shape index (κ1) is 28.2. The second kappa shape index (κ2) is 11.1. The monoisotopic (exact) mass is 560 g/mol. The lowest BCUT2D eigenvalue weighted by Gasteiger charge is -2.20. The number of nitrogens with zero attached hydrogens (tertiary/aromatic N) is 3. The SMILES string of the molecule is CCOc1cc(/C=C2\C(=N)N3N=C(C(F)(F)F)SC3=NC2=O)ccc1OCCOc1ccc(C(C)(C)C)cc1. The molecule has 0 saturated heterocycles. The molecule has 206 valence electrons. The molecule has 12 heteroatoms. The van der Waals surface area contributed by atoms with Crippen LogP contribution in [0.1, 0.15) is 38.8 Å². The molecule has 0 aromatic heterocycles. The van der Waals surface area contributed by atoms with Crippen molar-refractivity contribution in [1.29, 1.82) is 5.41 Å². The number of ether oxygens (including phenoxy) is 3. The van der Waals surface area contributed by atoms with Crippen molar-refractivity contribution in [2.24, 2.45) is 10.1 Å². The maximum absolute atomic E-state index is 13.0. The van der Waals surface area contributed by atoms with Gasteiger partial charge >= 0.3 is 6.18 Å². The molecule has 2 aliphatic heterocycles. The highest BCUT2D eigenvalue weighted by Gasteiger charge is 2.46. The molecular formula is C27H27F3N4O4S. The van der Waals surface area contributed by atoms with Gasteiger partial charge in [-0.1, -0.05) is 39.0 Å². The summed E-state index contributed by atoms with van der Waals surface area (Å²) in [5.74, 6) is 0.249. The largest absolute Gasteiger partial charge is 0.490 e. The Kier molecular flexibility index (Phi) is 8.05. The molecule has 2 aliphatic rings. The highest BCUT2D eigenvalue weighted by molar-refractivity contribution is 8.27. The van der Waals surface area contributed by atoms with Crippen LogP contribution in [-0.2, 0) is 10.2 Å². The number of alkyl halides is 3. The van der Waals surface area contributed by atoms with Gasteiger partial charge in [-0.05, 0) is 65.6 Å². The maximum Gasteiger partial charge on any atom is 0.441 e. The quantitative estimate of drug-likeness (QED) is 0.313. The van der Waals surface area contributed by atoms with Crippen LogP contribution in [0.4, 0.5) is 13.2 Å². The van der Waals surface area contributed by atoms with Crippen molar-refractivity contribution >= 4 is 39.8 Å². The summed E-state index contributed by atoms with van der Waals surface area (Å²) in [6.45, 7) is 9.11. The molecule has 1 amide bonds. The topological polar surface area (TPSA) is 96.6 Å². The summed E-state index contributed by atoms with van der Waals surface area (Å²) in [5, 5.41) is 10.9. The van der Waals surface area contributed by atoms with E-state index in [1.54, 1.807) is 25.1 Å². The Morgan fingerprint density at radius 2 is 1.69 bits per heavy atom. The third-order valence-electron chi connectivity index (χ3n) is 5.61. The summed E-state index contributed by atoms with van der Waals surface area (Å²) in [5.41, 5.74) is 1.53. The number of fused-ring (bicyclic) bond motifs is 1. The number of benzene rings is 2. The Labute approximate surface area is 228 Å². The summed E-state index contributed by atoms with van der Waals surface area (Å²) in [6.07, 6.45) is -3.35. The zero-order valence-electron chi connectivity index (χ0n) is 21.8. The Morgan fingerprint density at radius 1 is 1.00 bits per heavy atom. The number of hydrogen-bond donors (Lipinski definition) is 1. The molecule has 0 aliphatic carbocycles. The van der Waals surface area contributed by atoms with Crippen LogP contribution in [0.15, 0.2) is 58.1 Å². The van der Waals surface area contributed by atoms with E-state index in [-0.39, 0.29) is 34.5 Å². The van der Waals surface area contributed by atoms with E-state index in [1.165, 1.54) is 11.6 Å². The van der Waals surface area contributed by atoms with Crippen LogP contribution in [0.25, 0.3) is 6.08 Å². The minimum atomic E-state index is -4.71. The number of amidine groups is 2. The first-order chi connectivity index (χ1) is 18.4. The summed E-state index contributed by atoms with van der Waals surface area (Å²) in [4.78, 5) is 16.2. The number of hydrogen-bond acceptors (Lipinski definition) is 7. The predicted molar refractivity (Wildman–Crippen MR) is 145 cm³/mol. The van der Waals surface area contributed by atoms with Gasteiger partial charge in [-0.25, -0.2) is 0 Å². The fraction of sp³-hybridized carbons (Fsp3) is 0.333. The van der Waals surface area contributed by atoms with Gasteiger partial charge in [0.15, 0.2) is 17.3 Å². The Morgan fingerprint density at radius 3 is 2.33 bits per heavy atom. The van der Waals surface area contributed by atoms with E-state index >= 15 is 0 Å². The van der Waals surface area contributed by atoms with E-state index < -0.39 is 23.0 Å². The summed E-state index contributed by atoms with van der Waals surface area (Å²) in [6, 6.07) is 12.8. The third kappa shape index (κ3) is 6.62. The predicted octanol–water partition coefficient (Wildman–Crippen LogP) is 6.02. The van der Waals surface area contributed by atoms with Crippen LogP contribution in [0.2, 0.25) is 0 Å². The molecule has 2 aromatic rings. The number of carbonyl (C=O) groups is 1. The van der Waals surface area contributed by atoms with E-state index in [0.29, 0.717) is 35.3 Å². The van der Waals surface area contributed by atoms with E-state index in [9.17, 15) is 18.0 Å². The fourth-order valence-corrected chi connectivity index (χ4v) is 4.40. The Bertz CT molecular complexity index is 1360. The van der Waals surface area contributed by atoms with Crippen molar-refractivity contribution in [2.75, 3.05) is 19.8 Å². The Hall–Kier alpha value is -3.80. The van der Waals surface area contributed by atoms with Crippen molar-refractivity contribution in [1.82, 2.24) is 5.01 Å². The van der Waals surface area contributed by atoms with Gasteiger partial charge in [0.1, 0.15) is 19.0 Å². The smallest absolute Gasteiger partial charge is 0.441 e. The molecule has 4 rings (SSSR count). The van der Waals surface area contributed by atoms with Crippen molar-refractivity contribution in [2.45, 2.75) is 39.3 Å². The number of halogens is 3. The number of amides is 1. The second-order valence-electron chi connectivity index (χ2n) is 9.53. The molecule has 2 heterocycles. The normalized spacial score (nSPS) is 16.7. The molecular weight excluding hydrogens is 533 g/mol. The molecule has 0 radical (unpaired) electrons. The van der Waals surface area contributed by atoms with Gasteiger partial charge in [-0.15, -0.1) is 0 Å². The molecule has 0 fully saturated rings. The average molecular weight is 561 g/mol. The van der Waals surface area contributed by atoms with Gasteiger partial charge in [0.2, 0.25) is 10.2 Å². The standard InChI is InChI=1S/C27H27F3N4O4S/c1-5-36-21-15-16(14-19-22(31)34-25(32-23(19)35)39-24(33-34)27(28,29)30)6-11-20(21)38-13-12-37-18-9-7-17(8-10-18)26(2,3)4/h6-11,14-15,31H,5,12-13H2,1-4H3/b19-14+,31-22?. The lowest BCUT2D eigenvalue weighted by Crippen LogP contribution is -2.35. The van der Waals surface area contributed by atoms with E-state index in [0.717, 1.165) is 5.75 Å². The van der Waals surface area contributed by atoms with Crippen LogP contribution in [0.5, 0.6) is 17.2 Å². The summed E-state index contributed by atoms with van der Waals surface area (Å²) in [7, 11) is 0. The lowest BCUT2D eigenvalue weighted by molar-refractivity contribution is -0.114. The van der Waals surface area contributed by atoms with Crippen LogP contribution in [-0.4, -0.2) is 53.0 Å². The van der Waals surface area contributed by atoms with Crippen molar-refractivity contribution < 1.29 is 32.2 Å². The molecule has 1 N–H and O–H groups in total. The van der Waals surface area contributed by atoms with Gasteiger partial charge in [-0.2, -0.15) is 28.3 Å². The zero-order valence-corrected chi connectivity index (χ0v) is 22.6. The molecule has 0 saturated carbocycles. The Balaban J connectivity index is 1.43. The average Bonchev–Trinajstić information content (AvgIpc) is 3.30. The number of rotatable bonds is 8. The highest BCUT2D eigenvalue weighted by Crippen LogP contribution is 2.36. The molecule has 0 unspecified atom stereocenters. The number of hydrazone groups is 1. The first-order valence-corrected chi connectivity index (χ1v) is 12.9. The van der Waals surface area contributed by atoms with Gasteiger partial charge < -0.3 is 14.2 Å². The lowest BCUT2D eigenvalue weighted by atomic mass is 9.87. The minimum Gasteiger partial charge on any atom is -0.490 e. The highest BCUT2D eigenvalue weighted by atomic mass is 32.2. The molecule has 8 nitrogen and oxygen atoms in total. The zero-order chi connectivity index (χ0) is 28.4. The van der Waals surface area contributed by atoms with E-state index in [2.05, 4.69) is 30.9 Å². The van der Waals surface area contributed by atoms with Crippen molar-refractivity contribution in [3.8, 4) is 17.2 Å². The molecule has 0 spiro atoms. The number of nitrogens with one attached hydrogen (secondary N) is 1. The maximum atomic E-state index is 13.0. The minimum absolute atomic E-state index is 0.0535. The number of carbonyl (C=O) groups excluding carboxylic acids is 1. The molecule has 2 aromatic carbocycles. The number of aliphatic imine (C=N–C) groups is 1. The molecule has 0 atom stereocenters. The van der Waals surface area contributed by atoms with E-state index in [4.69, 9.17) is 19.6 Å². The summed E-state index contributed by atoms with van der Waals surface area (Å²) < 4.78 is 56.4. The first-order valence-electron chi connectivity index (χ1n) is 12.1. The van der Waals surface area contributed by atoms with Gasteiger partial charge in [0.25, 0.3) is 5.91 Å². The van der Waals surface area contributed by atoms with Gasteiger partial charge in [-0.3, -0.25) is 10.2 Å². The molecule has 0 bridgehead atoms. The van der Waals surface area contributed by atoms with Crippen LogP contribution >= 0.6 is 11.8 Å². The van der Waals surface area contributed by atoms with Crippen molar-refractivity contribution in [3.05, 3.63) is 59.2 Å². The summed E-state index contributed by atoms with van der Waals surface area (Å²) >= 11 is 0.203. The van der Waals surface area contributed by atoms with Crippen LogP contribution < -0.4 is 14.2 Å². The van der Waals surface area contributed by atoms with E-state index in [1.807, 2.05) is 24.3 Å². The third-order valence-corrected chi connectivity index (χ3v) is 6.56. The number of thioether (sulfide) groups is 1.